The fourth-order valence-corrected chi connectivity index (χ4v) is 5.67. The van der Waals surface area contributed by atoms with Crippen molar-refractivity contribution in [3.63, 3.8) is 0 Å². The van der Waals surface area contributed by atoms with Crippen LogP contribution in [-0.4, -0.2) is 31.7 Å². The number of amides is 1. The van der Waals surface area contributed by atoms with Gasteiger partial charge in [-0.05, 0) is 61.1 Å². The zero-order chi connectivity index (χ0) is 18.3. The predicted octanol–water partition coefficient (Wildman–Crippen LogP) is 2.89. The topological polar surface area (TPSA) is 66.5 Å². The third kappa shape index (κ3) is 2.93. The maximum atomic E-state index is 13.4. The van der Waals surface area contributed by atoms with E-state index in [0.717, 1.165) is 31.2 Å². The van der Waals surface area contributed by atoms with Crippen LogP contribution >= 0.6 is 0 Å². The normalized spacial score (nSPS) is 19.4. The van der Waals surface area contributed by atoms with E-state index in [1.54, 1.807) is 23.5 Å². The van der Waals surface area contributed by atoms with Gasteiger partial charge >= 0.3 is 0 Å². The number of carbonyl (C=O) groups excluding carboxylic acids is 1. The minimum atomic E-state index is -3.61. The molecule has 4 rings (SSSR count). The Morgan fingerprint density at radius 2 is 1.73 bits per heavy atom. The quantitative estimate of drug-likeness (QED) is 0.880. The van der Waals surface area contributed by atoms with Gasteiger partial charge in [-0.1, -0.05) is 24.3 Å². The van der Waals surface area contributed by atoms with E-state index in [1.807, 2.05) is 18.2 Å². The summed E-state index contributed by atoms with van der Waals surface area (Å²) in [7, 11) is -2.06. The number of benzene rings is 2. The molecule has 1 unspecified atom stereocenters. The van der Waals surface area contributed by atoms with Crippen molar-refractivity contribution < 1.29 is 13.2 Å². The molecule has 136 valence electrons. The Hall–Kier alpha value is -2.18. The molecule has 1 fully saturated rings. The number of fused-ring (bicyclic) bond motifs is 1. The molecule has 5 nitrogen and oxygen atoms in total. The Morgan fingerprint density at radius 3 is 2.38 bits per heavy atom. The molecule has 1 amide bonds. The van der Waals surface area contributed by atoms with Crippen molar-refractivity contribution in [1.82, 2.24) is 9.62 Å². The fraction of sp³-hybridized carbons (Fsp3) is 0.350. The average Bonchev–Trinajstić information content (AvgIpc) is 3.41. The number of hydrogen-bond acceptors (Lipinski definition) is 3. The molecule has 2 aromatic carbocycles. The third-order valence-electron chi connectivity index (χ3n) is 5.23. The largest absolute Gasteiger partial charge is 0.355 e. The summed E-state index contributed by atoms with van der Waals surface area (Å²) < 4.78 is 28.5. The first-order chi connectivity index (χ1) is 12.5. The monoisotopic (exact) mass is 370 g/mol. The number of sulfonamides is 1. The highest BCUT2D eigenvalue weighted by molar-refractivity contribution is 7.89. The van der Waals surface area contributed by atoms with Gasteiger partial charge in [0.15, 0.2) is 0 Å². The van der Waals surface area contributed by atoms with Gasteiger partial charge in [0.1, 0.15) is 0 Å². The maximum Gasteiger partial charge on any atom is 0.251 e. The van der Waals surface area contributed by atoms with Crippen LogP contribution in [0.4, 0.5) is 0 Å². The van der Waals surface area contributed by atoms with Crippen molar-refractivity contribution in [2.75, 3.05) is 7.05 Å². The molecule has 2 aromatic rings. The molecule has 6 heteroatoms. The summed E-state index contributed by atoms with van der Waals surface area (Å²) in [5.74, 6) is -0.224. The highest BCUT2D eigenvalue weighted by atomic mass is 32.2. The second kappa shape index (κ2) is 6.52. The SMILES string of the molecule is CNC(=O)c1ccc(S(=O)(=O)N(C2CC2)C2CCc3ccccc32)cc1. The molecule has 2 aliphatic rings. The van der Waals surface area contributed by atoms with Gasteiger partial charge in [0.05, 0.1) is 10.9 Å². The molecule has 0 aliphatic heterocycles. The minimum Gasteiger partial charge on any atom is -0.355 e. The number of carbonyl (C=O) groups is 1. The smallest absolute Gasteiger partial charge is 0.251 e. The van der Waals surface area contributed by atoms with E-state index in [1.165, 1.54) is 17.7 Å². The zero-order valence-corrected chi connectivity index (χ0v) is 15.5. The lowest BCUT2D eigenvalue weighted by atomic mass is 10.1. The van der Waals surface area contributed by atoms with Gasteiger partial charge in [-0.2, -0.15) is 4.31 Å². The number of hydrogen-bond donors (Lipinski definition) is 1. The Bertz CT molecular complexity index is 934. The molecule has 0 saturated heterocycles. The third-order valence-corrected chi connectivity index (χ3v) is 7.21. The molecule has 0 heterocycles. The molecule has 1 saturated carbocycles. The lowest BCUT2D eigenvalue weighted by molar-refractivity contribution is 0.0963. The highest BCUT2D eigenvalue weighted by Crippen LogP contribution is 2.44. The van der Waals surface area contributed by atoms with Gasteiger partial charge in [-0.3, -0.25) is 4.79 Å². The van der Waals surface area contributed by atoms with E-state index >= 15 is 0 Å². The van der Waals surface area contributed by atoms with Crippen LogP contribution in [-0.2, 0) is 16.4 Å². The highest BCUT2D eigenvalue weighted by Gasteiger charge is 2.44. The summed E-state index contributed by atoms with van der Waals surface area (Å²) in [4.78, 5) is 12.0. The Labute approximate surface area is 154 Å². The standard InChI is InChI=1S/C20H22N2O3S/c1-21-20(23)15-6-11-17(12-7-15)26(24,25)22(16-9-10-16)19-13-8-14-4-2-3-5-18(14)19/h2-7,11-12,16,19H,8-10,13H2,1H3,(H,21,23). The van der Waals surface area contributed by atoms with Gasteiger partial charge in [-0.15, -0.1) is 0 Å². The molecule has 0 aromatic heterocycles. The van der Waals surface area contributed by atoms with Crippen molar-refractivity contribution >= 4 is 15.9 Å². The van der Waals surface area contributed by atoms with Gasteiger partial charge in [0, 0.05) is 18.7 Å². The van der Waals surface area contributed by atoms with Crippen molar-refractivity contribution in [1.29, 1.82) is 0 Å². The van der Waals surface area contributed by atoms with E-state index < -0.39 is 10.0 Å². The number of nitrogens with one attached hydrogen (secondary N) is 1. The summed E-state index contributed by atoms with van der Waals surface area (Å²) >= 11 is 0. The summed E-state index contributed by atoms with van der Waals surface area (Å²) in [6, 6.07) is 14.3. The van der Waals surface area contributed by atoms with Gasteiger partial charge in [0.25, 0.3) is 5.91 Å². The molecule has 26 heavy (non-hydrogen) atoms. The Balaban J connectivity index is 1.70. The van der Waals surface area contributed by atoms with E-state index in [0.29, 0.717) is 5.56 Å². The maximum absolute atomic E-state index is 13.4. The van der Waals surface area contributed by atoms with Gasteiger partial charge < -0.3 is 5.32 Å². The van der Waals surface area contributed by atoms with Crippen molar-refractivity contribution in [3.8, 4) is 0 Å². The van der Waals surface area contributed by atoms with Crippen LogP contribution in [0.5, 0.6) is 0 Å². The Morgan fingerprint density at radius 1 is 1.04 bits per heavy atom. The molecular formula is C20H22N2O3S. The second-order valence-corrected chi connectivity index (χ2v) is 8.77. The lowest BCUT2D eigenvalue weighted by Gasteiger charge is -2.29. The molecule has 0 spiro atoms. The van der Waals surface area contributed by atoms with Crippen LogP contribution in [0.1, 0.15) is 46.8 Å². The summed E-state index contributed by atoms with van der Waals surface area (Å²) in [6.45, 7) is 0. The van der Waals surface area contributed by atoms with Crippen LogP contribution in [0.2, 0.25) is 0 Å². The minimum absolute atomic E-state index is 0.0785. The lowest BCUT2D eigenvalue weighted by Crippen LogP contribution is -2.36. The van der Waals surface area contributed by atoms with Crippen molar-refractivity contribution in [2.45, 2.75) is 42.7 Å². The van der Waals surface area contributed by atoms with Crippen LogP contribution < -0.4 is 5.32 Å². The second-order valence-electron chi connectivity index (χ2n) is 6.92. The van der Waals surface area contributed by atoms with E-state index in [-0.39, 0.29) is 22.9 Å². The Kier molecular flexibility index (Phi) is 4.32. The van der Waals surface area contributed by atoms with Crippen LogP contribution in [0.25, 0.3) is 0 Å². The van der Waals surface area contributed by atoms with Crippen LogP contribution in [0.3, 0.4) is 0 Å². The molecular weight excluding hydrogens is 348 g/mol. The van der Waals surface area contributed by atoms with Gasteiger partial charge in [-0.25, -0.2) is 8.42 Å². The first kappa shape index (κ1) is 17.2. The predicted molar refractivity (Wildman–Crippen MR) is 99.4 cm³/mol. The number of nitrogens with zero attached hydrogens (tertiary/aromatic N) is 1. The molecule has 0 radical (unpaired) electrons. The first-order valence-electron chi connectivity index (χ1n) is 8.96. The molecule has 0 bridgehead atoms. The molecule has 1 atom stereocenters. The number of rotatable bonds is 5. The van der Waals surface area contributed by atoms with Crippen molar-refractivity contribution in [2.24, 2.45) is 0 Å². The fourth-order valence-electron chi connectivity index (χ4n) is 3.79. The number of aryl methyl sites for hydroxylation is 1. The van der Waals surface area contributed by atoms with E-state index in [4.69, 9.17) is 0 Å². The van der Waals surface area contributed by atoms with E-state index in [2.05, 4.69) is 11.4 Å². The molecule has 1 N–H and O–H groups in total. The first-order valence-corrected chi connectivity index (χ1v) is 10.4. The average molecular weight is 370 g/mol. The summed E-state index contributed by atoms with van der Waals surface area (Å²) in [5.41, 5.74) is 2.83. The van der Waals surface area contributed by atoms with E-state index in [9.17, 15) is 13.2 Å². The van der Waals surface area contributed by atoms with Crippen molar-refractivity contribution in [3.05, 3.63) is 65.2 Å². The summed E-state index contributed by atoms with van der Waals surface area (Å²) in [6.07, 6.45) is 3.56. The van der Waals surface area contributed by atoms with Gasteiger partial charge in [0.2, 0.25) is 10.0 Å². The van der Waals surface area contributed by atoms with Crippen LogP contribution in [0, 0.1) is 0 Å². The zero-order valence-electron chi connectivity index (χ0n) is 14.7. The van der Waals surface area contributed by atoms with Crippen LogP contribution in [0.15, 0.2) is 53.4 Å². The summed E-state index contributed by atoms with van der Waals surface area (Å²) in [5, 5.41) is 2.55. The molecule has 2 aliphatic carbocycles.